The first-order valence-electron chi connectivity index (χ1n) is 8.36. The number of nitrogens with zero attached hydrogens (tertiary/aromatic N) is 4. The minimum absolute atomic E-state index is 0.0208. The van der Waals surface area contributed by atoms with Gasteiger partial charge in [-0.25, -0.2) is 14.4 Å². The molecular weight excluding hydrogens is 359 g/mol. The van der Waals surface area contributed by atoms with Crippen molar-refractivity contribution >= 4 is 40.3 Å². The number of fused-ring (bicyclic) bond motifs is 1. The Kier molecular flexibility index (Phi) is 4.60. The predicted molar refractivity (Wildman–Crippen MR) is 98.5 cm³/mol. The highest BCUT2D eigenvalue weighted by Crippen LogP contribution is 2.28. The van der Waals surface area contributed by atoms with Crippen LogP contribution in [0.15, 0.2) is 24.4 Å². The van der Waals surface area contributed by atoms with Gasteiger partial charge in [-0.05, 0) is 25.0 Å². The van der Waals surface area contributed by atoms with Gasteiger partial charge in [0.05, 0.1) is 16.9 Å². The molecule has 1 aromatic carbocycles. The highest BCUT2D eigenvalue weighted by molar-refractivity contribution is 6.33. The second-order valence-corrected chi connectivity index (χ2v) is 6.53. The van der Waals surface area contributed by atoms with Gasteiger partial charge in [-0.1, -0.05) is 17.7 Å². The van der Waals surface area contributed by atoms with Crippen LogP contribution in [-0.4, -0.2) is 38.8 Å². The molecule has 9 heteroatoms. The zero-order chi connectivity index (χ0) is 18.1. The first-order chi connectivity index (χ1) is 12.6. The van der Waals surface area contributed by atoms with Crippen molar-refractivity contribution in [2.24, 2.45) is 7.05 Å². The smallest absolute Gasteiger partial charge is 0.224 e. The second-order valence-electron chi connectivity index (χ2n) is 6.15. The van der Waals surface area contributed by atoms with Crippen molar-refractivity contribution in [1.82, 2.24) is 19.5 Å². The van der Waals surface area contributed by atoms with E-state index in [0.29, 0.717) is 34.8 Å². The Balaban J connectivity index is 1.61. The van der Waals surface area contributed by atoms with Crippen LogP contribution in [0, 0.1) is 5.82 Å². The summed E-state index contributed by atoms with van der Waals surface area (Å²) in [6, 6.07) is 4.89. The van der Waals surface area contributed by atoms with Gasteiger partial charge < -0.3 is 15.4 Å². The van der Waals surface area contributed by atoms with Crippen LogP contribution >= 0.6 is 11.6 Å². The highest BCUT2D eigenvalue weighted by atomic mass is 35.5. The third-order valence-corrected chi connectivity index (χ3v) is 4.75. The predicted octanol–water partition coefficient (Wildman–Crippen LogP) is 3.49. The average molecular weight is 377 g/mol. The number of ether oxygens (including phenoxy) is 1. The van der Waals surface area contributed by atoms with Gasteiger partial charge in [0.15, 0.2) is 5.65 Å². The van der Waals surface area contributed by atoms with E-state index < -0.39 is 5.82 Å². The third-order valence-electron chi connectivity index (χ3n) is 4.36. The fourth-order valence-corrected chi connectivity index (χ4v) is 3.08. The summed E-state index contributed by atoms with van der Waals surface area (Å²) in [5, 5.41) is 6.41. The fourth-order valence-electron chi connectivity index (χ4n) is 2.91. The lowest BCUT2D eigenvalue weighted by atomic mass is 10.1. The first kappa shape index (κ1) is 17.0. The van der Waals surface area contributed by atoms with E-state index in [1.54, 1.807) is 22.9 Å². The summed E-state index contributed by atoms with van der Waals surface area (Å²) in [5.74, 6) is 0.575. The van der Waals surface area contributed by atoms with Gasteiger partial charge in [-0.15, -0.1) is 0 Å². The number of hydrogen-bond donors (Lipinski definition) is 2. The van der Waals surface area contributed by atoms with Crippen LogP contribution < -0.4 is 10.6 Å². The summed E-state index contributed by atoms with van der Waals surface area (Å²) in [4.78, 5) is 13.4. The molecule has 0 amide bonds. The fraction of sp³-hybridized carbons (Fsp3) is 0.353. The Morgan fingerprint density at radius 2 is 2.08 bits per heavy atom. The Morgan fingerprint density at radius 1 is 1.27 bits per heavy atom. The van der Waals surface area contributed by atoms with E-state index in [1.807, 2.05) is 7.05 Å². The maximum absolute atomic E-state index is 13.6. The molecule has 1 saturated heterocycles. The Labute approximate surface area is 154 Å². The number of nitrogens with one attached hydrogen (secondary N) is 2. The van der Waals surface area contributed by atoms with E-state index >= 15 is 0 Å². The SMILES string of the molecule is Cn1c(Nc2cccc(F)c2Cl)nc2cnc(NC3CCOCC3)nc21. The minimum Gasteiger partial charge on any atom is -0.381 e. The maximum atomic E-state index is 13.6. The van der Waals surface area contributed by atoms with Crippen molar-refractivity contribution in [2.45, 2.75) is 18.9 Å². The molecule has 0 unspecified atom stereocenters. The van der Waals surface area contributed by atoms with Crippen LogP contribution in [0.5, 0.6) is 0 Å². The number of imidazole rings is 1. The Hall–Kier alpha value is -2.45. The lowest BCUT2D eigenvalue weighted by Gasteiger charge is -2.22. The molecule has 3 heterocycles. The van der Waals surface area contributed by atoms with E-state index in [9.17, 15) is 4.39 Å². The standard InChI is InChI=1S/C17H18ClFN6O/c1-25-15-13(9-20-16(24-15)21-10-5-7-26-8-6-10)23-17(25)22-12-4-2-3-11(19)14(12)18/h2-4,9-10H,5-8H2,1H3,(H,22,23)(H,20,21,24). The van der Waals surface area contributed by atoms with E-state index in [0.717, 1.165) is 26.1 Å². The number of benzene rings is 1. The van der Waals surface area contributed by atoms with E-state index in [-0.39, 0.29) is 5.02 Å². The molecule has 26 heavy (non-hydrogen) atoms. The Bertz CT molecular complexity index is 940. The van der Waals surface area contributed by atoms with Crippen molar-refractivity contribution in [1.29, 1.82) is 0 Å². The summed E-state index contributed by atoms with van der Waals surface area (Å²) < 4.78 is 20.8. The molecule has 4 rings (SSSR count). The summed E-state index contributed by atoms with van der Waals surface area (Å²) >= 11 is 6.01. The number of rotatable bonds is 4. The number of aromatic nitrogens is 4. The van der Waals surface area contributed by atoms with E-state index in [4.69, 9.17) is 16.3 Å². The molecule has 2 N–H and O–H groups in total. The van der Waals surface area contributed by atoms with Gasteiger partial charge in [0.2, 0.25) is 11.9 Å². The lowest BCUT2D eigenvalue weighted by Crippen LogP contribution is -2.28. The molecule has 2 aromatic heterocycles. The van der Waals surface area contributed by atoms with Crippen molar-refractivity contribution in [3.05, 3.63) is 35.2 Å². The van der Waals surface area contributed by atoms with Crippen molar-refractivity contribution in [3.8, 4) is 0 Å². The second kappa shape index (κ2) is 7.05. The van der Waals surface area contributed by atoms with Crippen molar-refractivity contribution in [3.63, 3.8) is 0 Å². The first-order valence-corrected chi connectivity index (χ1v) is 8.74. The largest absolute Gasteiger partial charge is 0.381 e. The van der Waals surface area contributed by atoms with Crippen molar-refractivity contribution < 1.29 is 9.13 Å². The molecule has 0 bridgehead atoms. The normalized spacial score (nSPS) is 15.3. The van der Waals surface area contributed by atoms with Crippen molar-refractivity contribution in [2.75, 3.05) is 23.8 Å². The van der Waals surface area contributed by atoms with Gasteiger partial charge in [0.1, 0.15) is 11.3 Å². The maximum Gasteiger partial charge on any atom is 0.224 e. The molecule has 1 fully saturated rings. The van der Waals surface area contributed by atoms with Crippen LogP contribution in [-0.2, 0) is 11.8 Å². The molecule has 0 aliphatic carbocycles. The molecule has 0 spiro atoms. The Morgan fingerprint density at radius 3 is 2.88 bits per heavy atom. The number of halogens is 2. The van der Waals surface area contributed by atoms with Crippen LogP contribution in [0.25, 0.3) is 11.2 Å². The summed E-state index contributed by atoms with van der Waals surface area (Å²) in [5.41, 5.74) is 1.75. The van der Waals surface area contributed by atoms with Crippen LogP contribution in [0.3, 0.4) is 0 Å². The monoisotopic (exact) mass is 376 g/mol. The van der Waals surface area contributed by atoms with Gasteiger partial charge >= 0.3 is 0 Å². The molecular formula is C17H18ClFN6O. The molecule has 3 aromatic rings. The zero-order valence-electron chi connectivity index (χ0n) is 14.2. The van der Waals surface area contributed by atoms with Crippen LogP contribution in [0.1, 0.15) is 12.8 Å². The van der Waals surface area contributed by atoms with E-state index in [2.05, 4.69) is 25.6 Å². The molecule has 0 atom stereocenters. The van der Waals surface area contributed by atoms with Crippen LogP contribution in [0.4, 0.5) is 22.0 Å². The molecule has 1 aliphatic heterocycles. The van der Waals surface area contributed by atoms with Gasteiger partial charge in [-0.3, -0.25) is 4.57 Å². The van der Waals surface area contributed by atoms with Gasteiger partial charge in [0.25, 0.3) is 0 Å². The van der Waals surface area contributed by atoms with Crippen LogP contribution in [0.2, 0.25) is 5.02 Å². The van der Waals surface area contributed by atoms with Gasteiger partial charge in [-0.2, -0.15) is 4.98 Å². The summed E-state index contributed by atoms with van der Waals surface area (Å²) in [7, 11) is 1.83. The molecule has 7 nitrogen and oxygen atoms in total. The number of anilines is 3. The molecule has 0 radical (unpaired) electrons. The zero-order valence-corrected chi connectivity index (χ0v) is 14.9. The number of hydrogen-bond acceptors (Lipinski definition) is 6. The topological polar surface area (TPSA) is 76.9 Å². The summed E-state index contributed by atoms with van der Waals surface area (Å²) in [6.45, 7) is 1.49. The lowest BCUT2D eigenvalue weighted by molar-refractivity contribution is 0.0903. The highest BCUT2D eigenvalue weighted by Gasteiger charge is 2.17. The minimum atomic E-state index is -0.488. The van der Waals surface area contributed by atoms with Gasteiger partial charge in [0, 0.05) is 26.3 Å². The summed E-state index contributed by atoms with van der Waals surface area (Å²) in [6.07, 6.45) is 3.53. The third kappa shape index (κ3) is 3.30. The molecule has 1 aliphatic rings. The molecule has 136 valence electrons. The molecule has 0 saturated carbocycles. The number of aryl methyl sites for hydroxylation is 1. The quantitative estimate of drug-likeness (QED) is 0.725. The average Bonchev–Trinajstić information content (AvgIpc) is 2.95. The van der Waals surface area contributed by atoms with E-state index in [1.165, 1.54) is 6.07 Å².